The predicted molar refractivity (Wildman–Crippen MR) is 91.6 cm³/mol. The van der Waals surface area contributed by atoms with E-state index < -0.39 is 17.5 Å². The molecule has 0 radical (unpaired) electrons. The first kappa shape index (κ1) is 17.3. The topological polar surface area (TPSA) is 86.5 Å². The summed E-state index contributed by atoms with van der Waals surface area (Å²) in [6, 6.07) is 8.10. The van der Waals surface area contributed by atoms with Gasteiger partial charge in [-0.05, 0) is 30.3 Å². The maximum Gasteiger partial charge on any atom is 0.277 e. The highest BCUT2D eigenvalue weighted by Crippen LogP contribution is 2.36. The highest BCUT2D eigenvalue weighted by molar-refractivity contribution is 7.99. The lowest BCUT2D eigenvalue weighted by atomic mass is 10.2. The minimum atomic E-state index is -0.851. The molecule has 0 fully saturated rings. The molecule has 4 rings (SSSR count). The number of hydrogen-bond donors (Lipinski definition) is 1. The van der Waals surface area contributed by atoms with Crippen LogP contribution in [0.15, 0.2) is 46.0 Å². The summed E-state index contributed by atoms with van der Waals surface area (Å²) in [5.74, 6) is -0.662. The maximum atomic E-state index is 13.5. The average molecular weight is 391 g/mol. The highest BCUT2D eigenvalue weighted by atomic mass is 32.2. The Morgan fingerprint density at radius 2 is 1.96 bits per heavy atom. The molecule has 1 N–H and O–H groups in total. The zero-order valence-electron chi connectivity index (χ0n) is 13.6. The molecular formula is C17H11F2N3O4S. The summed E-state index contributed by atoms with van der Waals surface area (Å²) in [4.78, 5) is 11.9. The fourth-order valence-corrected chi connectivity index (χ4v) is 2.88. The second-order valence-electron chi connectivity index (χ2n) is 5.40. The van der Waals surface area contributed by atoms with Crippen LogP contribution < -0.4 is 14.8 Å². The van der Waals surface area contributed by atoms with Gasteiger partial charge in [0.2, 0.25) is 18.6 Å². The van der Waals surface area contributed by atoms with E-state index in [0.29, 0.717) is 23.1 Å². The van der Waals surface area contributed by atoms with E-state index in [9.17, 15) is 13.6 Å². The van der Waals surface area contributed by atoms with Crippen LogP contribution in [0.4, 0.5) is 14.5 Å². The molecular weight excluding hydrogens is 380 g/mol. The molecule has 0 saturated heterocycles. The third-order valence-corrected chi connectivity index (χ3v) is 4.38. The van der Waals surface area contributed by atoms with Crippen molar-refractivity contribution in [2.45, 2.75) is 5.22 Å². The number of benzene rings is 2. The van der Waals surface area contributed by atoms with Gasteiger partial charge in [0.1, 0.15) is 11.6 Å². The van der Waals surface area contributed by atoms with E-state index in [1.165, 1.54) is 0 Å². The number of aromatic nitrogens is 2. The van der Waals surface area contributed by atoms with Crippen molar-refractivity contribution in [3.8, 4) is 23.0 Å². The van der Waals surface area contributed by atoms with E-state index in [4.69, 9.17) is 13.9 Å². The van der Waals surface area contributed by atoms with Crippen LogP contribution in [0.3, 0.4) is 0 Å². The van der Waals surface area contributed by atoms with Crippen molar-refractivity contribution in [3.05, 3.63) is 48.0 Å². The second kappa shape index (κ2) is 7.23. The van der Waals surface area contributed by atoms with Crippen molar-refractivity contribution < 1.29 is 27.5 Å². The Morgan fingerprint density at radius 1 is 1.11 bits per heavy atom. The fourth-order valence-electron chi connectivity index (χ4n) is 2.32. The van der Waals surface area contributed by atoms with Gasteiger partial charge in [-0.1, -0.05) is 11.8 Å². The van der Waals surface area contributed by atoms with Gasteiger partial charge in [-0.3, -0.25) is 4.79 Å². The first-order valence-corrected chi connectivity index (χ1v) is 8.68. The Balaban J connectivity index is 1.37. The fraction of sp³-hybridized carbons (Fsp3) is 0.118. The molecule has 0 spiro atoms. The van der Waals surface area contributed by atoms with Gasteiger partial charge in [-0.15, -0.1) is 10.2 Å². The number of rotatable bonds is 5. The van der Waals surface area contributed by atoms with Crippen molar-refractivity contribution >= 4 is 23.4 Å². The van der Waals surface area contributed by atoms with Gasteiger partial charge >= 0.3 is 0 Å². The number of halogens is 2. The van der Waals surface area contributed by atoms with Gasteiger partial charge in [-0.25, -0.2) is 8.78 Å². The number of carbonyl (C=O) groups excluding carboxylic acids is 1. The molecule has 1 aliphatic rings. The van der Waals surface area contributed by atoms with Gasteiger partial charge in [0.15, 0.2) is 11.5 Å². The molecule has 27 heavy (non-hydrogen) atoms. The van der Waals surface area contributed by atoms with Crippen molar-refractivity contribution in [1.29, 1.82) is 0 Å². The predicted octanol–water partition coefficient (Wildman–Crippen LogP) is 3.47. The van der Waals surface area contributed by atoms with E-state index in [1.807, 2.05) is 0 Å². The Kier molecular flexibility index (Phi) is 4.63. The number of thioether (sulfide) groups is 1. The third kappa shape index (κ3) is 3.85. The molecule has 1 aliphatic heterocycles. The molecule has 0 aliphatic carbocycles. The minimum absolute atomic E-state index is 0.0837. The average Bonchev–Trinajstić information content (AvgIpc) is 3.30. The molecule has 138 valence electrons. The quantitative estimate of drug-likeness (QED) is 0.667. The van der Waals surface area contributed by atoms with Crippen LogP contribution in [0, 0.1) is 11.6 Å². The molecule has 2 aromatic carbocycles. The molecule has 7 nitrogen and oxygen atoms in total. The number of amides is 1. The lowest BCUT2D eigenvalue weighted by Crippen LogP contribution is -2.15. The van der Waals surface area contributed by atoms with Crippen LogP contribution in [0.1, 0.15) is 0 Å². The minimum Gasteiger partial charge on any atom is -0.454 e. The molecule has 0 saturated carbocycles. The van der Waals surface area contributed by atoms with Gasteiger partial charge in [0, 0.05) is 11.6 Å². The van der Waals surface area contributed by atoms with Crippen molar-refractivity contribution in [1.82, 2.24) is 10.2 Å². The molecule has 10 heteroatoms. The van der Waals surface area contributed by atoms with Crippen molar-refractivity contribution in [2.75, 3.05) is 17.9 Å². The normalized spacial score (nSPS) is 12.2. The lowest BCUT2D eigenvalue weighted by Gasteiger charge is -2.05. The van der Waals surface area contributed by atoms with Crippen molar-refractivity contribution in [2.24, 2.45) is 0 Å². The molecule has 3 aromatic rings. The van der Waals surface area contributed by atoms with Gasteiger partial charge in [-0.2, -0.15) is 0 Å². The molecule has 0 bridgehead atoms. The number of nitrogens with one attached hydrogen (secondary N) is 1. The number of fused-ring (bicyclic) bond motifs is 1. The lowest BCUT2D eigenvalue weighted by molar-refractivity contribution is -0.113. The summed E-state index contributed by atoms with van der Waals surface area (Å²) >= 11 is 0.993. The zero-order valence-corrected chi connectivity index (χ0v) is 14.4. The Hall–Kier alpha value is -3.14. The SMILES string of the molecule is O=C(CSc1nnc(-c2ccc3c(c2)OCO3)o1)Nc1ccc(F)cc1F. The number of hydrogen-bond acceptors (Lipinski definition) is 7. The van der Waals surface area contributed by atoms with E-state index in [1.54, 1.807) is 18.2 Å². The maximum absolute atomic E-state index is 13.5. The van der Waals surface area contributed by atoms with E-state index in [0.717, 1.165) is 23.9 Å². The smallest absolute Gasteiger partial charge is 0.277 e. The van der Waals surface area contributed by atoms with Crippen LogP contribution in [0.2, 0.25) is 0 Å². The van der Waals surface area contributed by atoms with Crippen LogP contribution in [-0.4, -0.2) is 28.7 Å². The van der Waals surface area contributed by atoms with Crippen molar-refractivity contribution in [3.63, 3.8) is 0 Å². The Bertz CT molecular complexity index is 1010. The third-order valence-electron chi connectivity index (χ3n) is 3.56. The number of carbonyl (C=O) groups is 1. The van der Waals surface area contributed by atoms with Crippen LogP contribution >= 0.6 is 11.8 Å². The summed E-state index contributed by atoms with van der Waals surface area (Å²) in [7, 11) is 0. The standard InChI is InChI=1S/C17H11F2N3O4S/c18-10-2-3-12(11(19)6-10)20-15(23)7-27-17-22-21-16(26-17)9-1-4-13-14(5-9)25-8-24-13/h1-6H,7-8H2,(H,20,23). The summed E-state index contributed by atoms with van der Waals surface area (Å²) in [6.45, 7) is 0.160. The summed E-state index contributed by atoms with van der Waals surface area (Å²) < 4.78 is 42.5. The molecule has 1 amide bonds. The first-order valence-electron chi connectivity index (χ1n) is 7.70. The molecule has 1 aromatic heterocycles. The zero-order chi connectivity index (χ0) is 18.8. The summed E-state index contributed by atoms with van der Waals surface area (Å²) in [6.07, 6.45) is 0. The number of ether oxygens (including phenoxy) is 2. The molecule has 0 atom stereocenters. The van der Waals surface area contributed by atoms with Gasteiger partial charge in [0.05, 0.1) is 11.4 Å². The van der Waals surface area contributed by atoms with E-state index in [-0.39, 0.29) is 29.3 Å². The largest absolute Gasteiger partial charge is 0.454 e. The summed E-state index contributed by atoms with van der Waals surface area (Å²) in [5.41, 5.74) is 0.546. The monoisotopic (exact) mass is 391 g/mol. The van der Waals surface area contributed by atoms with Gasteiger partial charge < -0.3 is 19.2 Å². The first-order chi connectivity index (χ1) is 13.1. The van der Waals surface area contributed by atoms with Crippen LogP contribution in [0.25, 0.3) is 11.5 Å². The highest BCUT2D eigenvalue weighted by Gasteiger charge is 2.17. The molecule has 0 unspecified atom stereocenters. The number of nitrogens with zero attached hydrogens (tertiary/aromatic N) is 2. The molecule has 2 heterocycles. The van der Waals surface area contributed by atoms with E-state index in [2.05, 4.69) is 15.5 Å². The Labute approximate surface area is 155 Å². The van der Waals surface area contributed by atoms with Crippen LogP contribution in [-0.2, 0) is 4.79 Å². The Morgan fingerprint density at radius 3 is 2.81 bits per heavy atom. The summed E-state index contributed by atoms with van der Waals surface area (Å²) in [5, 5.41) is 10.3. The van der Waals surface area contributed by atoms with E-state index >= 15 is 0 Å². The van der Waals surface area contributed by atoms with Gasteiger partial charge in [0.25, 0.3) is 5.22 Å². The number of anilines is 1. The van der Waals surface area contributed by atoms with Crippen LogP contribution in [0.5, 0.6) is 11.5 Å². The second-order valence-corrected chi connectivity index (χ2v) is 6.33.